The van der Waals surface area contributed by atoms with Gasteiger partial charge in [-0.3, -0.25) is 4.79 Å². The predicted octanol–water partition coefficient (Wildman–Crippen LogP) is 1.61. The second-order valence-corrected chi connectivity index (χ2v) is 6.15. The number of esters is 1. The Morgan fingerprint density at radius 2 is 2.05 bits per heavy atom. The summed E-state index contributed by atoms with van der Waals surface area (Å²) in [4.78, 5) is 27.3. The molecule has 0 saturated carbocycles. The maximum atomic E-state index is 11.7. The molecule has 1 atom stereocenters. The van der Waals surface area contributed by atoms with Gasteiger partial charge < -0.3 is 14.4 Å². The van der Waals surface area contributed by atoms with Gasteiger partial charge >= 0.3 is 11.9 Å². The molecule has 6 nitrogen and oxygen atoms in total. The molecule has 0 radical (unpaired) electrons. The first-order valence-corrected chi connectivity index (χ1v) is 6.66. The van der Waals surface area contributed by atoms with Crippen LogP contribution in [0.4, 0.5) is 0 Å². The zero-order valence-electron chi connectivity index (χ0n) is 12.3. The lowest BCUT2D eigenvalue weighted by Crippen LogP contribution is -2.30. The van der Waals surface area contributed by atoms with E-state index in [1.807, 2.05) is 25.3 Å². The Bertz CT molecular complexity index is 554. The van der Waals surface area contributed by atoms with E-state index in [-0.39, 0.29) is 23.0 Å². The SMILES string of the molecule is COC(=O)C1CCn2c(C(C)(C)C)nc(C(=O)O)c2C1. The second-order valence-electron chi connectivity index (χ2n) is 6.15. The lowest BCUT2D eigenvalue weighted by Gasteiger charge is -2.26. The molecule has 0 saturated heterocycles. The van der Waals surface area contributed by atoms with E-state index in [9.17, 15) is 14.7 Å². The molecule has 2 heterocycles. The Morgan fingerprint density at radius 3 is 2.55 bits per heavy atom. The Morgan fingerprint density at radius 1 is 1.40 bits per heavy atom. The van der Waals surface area contributed by atoms with Crippen molar-refractivity contribution in [2.24, 2.45) is 5.92 Å². The van der Waals surface area contributed by atoms with Crippen LogP contribution in [0, 0.1) is 5.92 Å². The van der Waals surface area contributed by atoms with Gasteiger partial charge in [0.25, 0.3) is 0 Å². The molecule has 1 aromatic rings. The van der Waals surface area contributed by atoms with Crippen LogP contribution in [-0.2, 0) is 27.9 Å². The van der Waals surface area contributed by atoms with Gasteiger partial charge in [-0.05, 0) is 6.42 Å². The van der Waals surface area contributed by atoms with Gasteiger partial charge in [-0.2, -0.15) is 0 Å². The summed E-state index contributed by atoms with van der Waals surface area (Å²) in [5.41, 5.74) is 0.452. The standard InChI is InChI=1S/C14H20N2O4/c1-14(2,3)13-15-10(11(17)18)9-7-8(12(19)20-4)5-6-16(9)13/h8H,5-7H2,1-4H3,(H,17,18). The Hall–Kier alpha value is -1.85. The smallest absolute Gasteiger partial charge is 0.356 e. The van der Waals surface area contributed by atoms with Crippen molar-refractivity contribution in [2.45, 2.75) is 45.6 Å². The number of carbonyl (C=O) groups is 2. The molecule has 20 heavy (non-hydrogen) atoms. The number of carbonyl (C=O) groups excluding carboxylic acids is 1. The van der Waals surface area contributed by atoms with Crippen LogP contribution in [0.15, 0.2) is 0 Å². The molecule has 1 aliphatic rings. The predicted molar refractivity (Wildman–Crippen MR) is 71.7 cm³/mol. The highest BCUT2D eigenvalue weighted by atomic mass is 16.5. The van der Waals surface area contributed by atoms with Crippen molar-refractivity contribution in [1.82, 2.24) is 9.55 Å². The molecule has 2 rings (SSSR count). The summed E-state index contributed by atoms with van der Waals surface area (Å²) in [6.45, 7) is 6.60. The van der Waals surface area contributed by atoms with Gasteiger partial charge in [0.15, 0.2) is 5.69 Å². The second kappa shape index (κ2) is 4.92. The highest BCUT2D eigenvalue weighted by Crippen LogP contribution is 2.31. The molecule has 1 aliphatic heterocycles. The summed E-state index contributed by atoms with van der Waals surface area (Å²) in [5, 5.41) is 9.31. The number of methoxy groups -OCH3 is 1. The topological polar surface area (TPSA) is 81.4 Å². The number of nitrogens with zero attached hydrogens (tertiary/aromatic N) is 2. The van der Waals surface area contributed by atoms with Crippen LogP contribution >= 0.6 is 0 Å². The van der Waals surface area contributed by atoms with Gasteiger partial charge in [0.2, 0.25) is 0 Å². The number of carboxylic acid groups (broad SMARTS) is 1. The number of hydrogen-bond donors (Lipinski definition) is 1. The summed E-state index contributed by atoms with van der Waals surface area (Å²) in [5.74, 6) is -0.857. The fourth-order valence-electron chi connectivity index (χ4n) is 2.67. The molecule has 1 aromatic heterocycles. The lowest BCUT2D eigenvalue weighted by molar-refractivity contribution is -0.146. The fraction of sp³-hybridized carbons (Fsp3) is 0.643. The molecular formula is C14H20N2O4. The van der Waals surface area contributed by atoms with E-state index >= 15 is 0 Å². The van der Waals surface area contributed by atoms with Crippen molar-refractivity contribution < 1.29 is 19.4 Å². The first-order valence-electron chi connectivity index (χ1n) is 6.66. The molecule has 110 valence electrons. The molecule has 0 bridgehead atoms. The van der Waals surface area contributed by atoms with Crippen molar-refractivity contribution in [3.63, 3.8) is 0 Å². The minimum Gasteiger partial charge on any atom is -0.476 e. The van der Waals surface area contributed by atoms with Gasteiger partial charge in [-0.1, -0.05) is 20.8 Å². The monoisotopic (exact) mass is 280 g/mol. The van der Waals surface area contributed by atoms with Crippen molar-refractivity contribution in [3.8, 4) is 0 Å². The van der Waals surface area contributed by atoms with E-state index in [4.69, 9.17) is 4.74 Å². The fourth-order valence-corrected chi connectivity index (χ4v) is 2.67. The quantitative estimate of drug-likeness (QED) is 0.832. The number of fused-ring (bicyclic) bond motifs is 1. The maximum Gasteiger partial charge on any atom is 0.356 e. The highest BCUT2D eigenvalue weighted by Gasteiger charge is 2.34. The number of hydrogen-bond acceptors (Lipinski definition) is 4. The summed E-state index contributed by atoms with van der Waals surface area (Å²) in [7, 11) is 1.35. The summed E-state index contributed by atoms with van der Waals surface area (Å²) in [6, 6.07) is 0. The van der Waals surface area contributed by atoms with Crippen LogP contribution in [0.1, 0.15) is 49.2 Å². The average molecular weight is 280 g/mol. The third kappa shape index (κ3) is 2.42. The van der Waals surface area contributed by atoms with Gasteiger partial charge in [-0.25, -0.2) is 9.78 Å². The lowest BCUT2D eigenvalue weighted by atomic mass is 9.92. The van der Waals surface area contributed by atoms with Crippen LogP contribution in [0.5, 0.6) is 0 Å². The van der Waals surface area contributed by atoms with Crippen LogP contribution in [0.2, 0.25) is 0 Å². The normalized spacial score (nSPS) is 18.5. The number of aromatic carboxylic acids is 1. The number of ether oxygens (including phenoxy) is 1. The van der Waals surface area contributed by atoms with Crippen LogP contribution in [0.25, 0.3) is 0 Å². The molecule has 6 heteroatoms. The van der Waals surface area contributed by atoms with Crippen molar-refractivity contribution >= 4 is 11.9 Å². The first-order chi connectivity index (χ1) is 9.25. The van der Waals surface area contributed by atoms with E-state index in [1.54, 1.807) is 0 Å². The molecule has 1 N–H and O–H groups in total. The number of rotatable bonds is 2. The van der Waals surface area contributed by atoms with Gasteiger partial charge in [0.05, 0.1) is 18.7 Å². The number of carboxylic acids is 1. The summed E-state index contributed by atoms with van der Waals surface area (Å²) < 4.78 is 6.71. The van der Waals surface area contributed by atoms with Gasteiger partial charge in [-0.15, -0.1) is 0 Å². The molecule has 0 amide bonds. The van der Waals surface area contributed by atoms with E-state index in [0.29, 0.717) is 25.1 Å². The van der Waals surface area contributed by atoms with Gasteiger partial charge in [0, 0.05) is 18.4 Å². The van der Waals surface area contributed by atoms with Crippen LogP contribution in [0.3, 0.4) is 0 Å². The van der Waals surface area contributed by atoms with Gasteiger partial charge in [0.1, 0.15) is 5.82 Å². The molecular weight excluding hydrogens is 260 g/mol. The molecule has 0 aromatic carbocycles. The summed E-state index contributed by atoms with van der Waals surface area (Å²) in [6.07, 6.45) is 1.02. The van der Waals surface area contributed by atoms with Crippen molar-refractivity contribution in [2.75, 3.05) is 7.11 Å². The third-order valence-electron chi connectivity index (χ3n) is 3.62. The largest absolute Gasteiger partial charge is 0.476 e. The van der Waals surface area contributed by atoms with E-state index < -0.39 is 5.97 Å². The summed E-state index contributed by atoms with van der Waals surface area (Å²) >= 11 is 0. The van der Waals surface area contributed by atoms with E-state index in [0.717, 1.165) is 5.82 Å². The molecule has 0 spiro atoms. The molecule has 0 aliphatic carbocycles. The zero-order valence-corrected chi connectivity index (χ0v) is 12.3. The Labute approximate surface area is 117 Å². The van der Waals surface area contributed by atoms with E-state index in [2.05, 4.69) is 4.98 Å². The molecule has 1 unspecified atom stereocenters. The minimum atomic E-state index is -1.05. The van der Waals surface area contributed by atoms with Crippen LogP contribution in [-0.4, -0.2) is 33.7 Å². The first kappa shape index (κ1) is 14.6. The van der Waals surface area contributed by atoms with E-state index in [1.165, 1.54) is 7.11 Å². The number of imidazole rings is 1. The van der Waals surface area contributed by atoms with Crippen LogP contribution < -0.4 is 0 Å². The van der Waals surface area contributed by atoms with Crippen molar-refractivity contribution in [3.05, 3.63) is 17.2 Å². The zero-order chi connectivity index (χ0) is 15.1. The average Bonchev–Trinajstić information content (AvgIpc) is 2.76. The van der Waals surface area contributed by atoms with Crippen molar-refractivity contribution in [1.29, 1.82) is 0 Å². The Balaban J connectivity index is 2.48. The minimum absolute atomic E-state index is 0.0588. The molecule has 0 fully saturated rings. The highest BCUT2D eigenvalue weighted by molar-refractivity contribution is 5.87. The maximum absolute atomic E-state index is 11.7. The Kier molecular flexibility index (Phi) is 3.58. The number of aromatic nitrogens is 2. The third-order valence-corrected chi connectivity index (χ3v) is 3.62.